The molecule has 144 valence electrons. The van der Waals surface area contributed by atoms with Crippen molar-refractivity contribution in [3.63, 3.8) is 0 Å². The van der Waals surface area contributed by atoms with E-state index in [9.17, 15) is 9.59 Å². The van der Waals surface area contributed by atoms with E-state index in [4.69, 9.17) is 9.47 Å². The molecule has 0 radical (unpaired) electrons. The van der Waals surface area contributed by atoms with Gasteiger partial charge in [-0.05, 0) is 54.3 Å². The summed E-state index contributed by atoms with van der Waals surface area (Å²) in [4.78, 5) is 26.0. The molecule has 2 amide bonds. The summed E-state index contributed by atoms with van der Waals surface area (Å²) in [6.07, 6.45) is 1.31. The second-order valence-electron chi connectivity index (χ2n) is 6.72. The molecule has 1 aliphatic heterocycles. The highest BCUT2D eigenvalue weighted by molar-refractivity contribution is 5.84. The number of methoxy groups -OCH3 is 1. The van der Waals surface area contributed by atoms with E-state index in [1.807, 2.05) is 37.3 Å². The van der Waals surface area contributed by atoms with Gasteiger partial charge < -0.3 is 19.7 Å². The highest BCUT2D eigenvalue weighted by atomic mass is 16.5. The van der Waals surface area contributed by atoms with E-state index < -0.39 is 0 Å². The third-order valence-electron chi connectivity index (χ3n) is 4.96. The number of nitrogens with zero attached hydrogens (tertiary/aromatic N) is 1. The summed E-state index contributed by atoms with van der Waals surface area (Å²) in [6, 6.07) is 12.0. The van der Waals surface area contributed by atoms with Crippen LogP contribution >= 0.6 is 0 Å². The van der Waals surface area contributed by atoms with Crippen LogP contribution in [0, 0.1) is 5.92 Å². The molecule has 1 aliphatic rings. The van der Waals surface area contributed by atoms with E-state index >= 15 is 0 Å². The maximum Gasteiger partial charge on any atom is 0.317 e. The van der Waals surface area contributed by atoms with E-state index in [0.717, 1.165) is 22.1 Å². The molecule has 0 atom stereocenters. The molecule has 0 spiro atoms. The summed E-state index contributed by atoms with van der Waals surface area (Å²) in [5, 5.41) is 5.18. The largest absolute Gasteiger partial charge is 0.497 e. The number of esters is 1. The molecular weight excluding hydrogens is 344 g/mol. The Morgan fingerprint density at radius 1 is 1.11 bits per heavy atom. The Hall–Kier alpha value is -2.76. The summed E-state index contributed by atoms with van der Waals surface area (Å²) in [5.41, 5.74) is 1.04. The van der Waals surface area contributed by atoms with E-state index in [2.05, 4.69) is 11.4 Å². The number of nitrogens with one attached hydrogen (secondary N) is 1. The number of ether oxygens (including phenoxy) is 2. The van der Waals surface area contributed by atoms with Crippen molar-refractivity contribution in [2.75, 3.05) is 26.8 Å². The zero-order valence-electron chi connectivity index (χ0n) is 15.9. The van der Waals surface area contributed by atoms with E-state index in [0.29, 0.717) is 39.1 Å². The lowest BCUT2D eigenvalue weighted by atomic mass is 9.97. The first-order valence-corrected chi connectivity index (χ1v) is 9.36. The average molecular weight is 370 g/mol. The zero-order chi connectivity index (χ0) is 19.2. The summed E-state index contributed by atoms with van der Waals surface area (Å²) in [6.45, 7) is 3.83. The van der Waals surface area contributed by atoms with Crippen molar-refractivity contribution in [3.8, 4) is 5.75 Å². The van der Waals surface area contributed by atoms with Crippen LogP contribution in [0.4, 0.5) is 4.79 Å². The van der Waals surface area contributed by atoms with Crippen LogP contribution in [-0.4, -0.2) is 43.7 Å². The van der Waals surface area contributed by atoms with Gasteiger partial charge in [-0.1, -0.05) is 18.2 Å². The van der Waals surface area contributed by atoms with Crippen molar-refractivity contribution < 1.29 is 19.1 Å². The maximum atomic E-state index is 12.4. The molecule has 2 aromatic carbocycles. The van der Waals surface area contributed by atoms with Gasteiger partial charge in [0.05, 0.1) is 19.6 Å². The molecule has 2 aromatic rings. The van der Waals surface area contributed by atoms with Crippen LogP contribution in [0.5, 0.6) is 5.75 Å². The quantitative estimate of drug-likeness (QED) is 0.820. The number of carbonyl (C=O) groups is 2. The molecule has 1 fully saturated rings. The van der Waals surface area contributed by atoms with Crippen LogP contribution in [-0.2, 0) is 16.1 Å². The summed E-state index contributed by atoms with van der Waals surface area (Å²) in [7, 11) is 1.65. The first-order chi connectivity index (χ1) is 13.1. The molecule has 27 heavy (non-hydrogen) atoms. The van der Waals surface area contributed by atoms with Crippen LogP contribution in [0.3, 0.4) is 0 Å². The molecule has 1 N–H and O–H groups in total. The van der Waals surface area contributed by atoms with Gasteiger partial charge in [0.2, 0.25) is 0 Å². The van der Waals surface area contributed by atoms with Gasteiger partial charge in [-0.15, -0.1) is 0 Å². The third kappa shape index (κ3) is 4.70. The van der Waals surface area contributed by atoms with Crippen molar-refractivity contribution in [1.29, 1.82) is 0 Å². The Bertz CT molecular complexity index is 813. The first kappa shape index (κ1) is 19.0. The minimum atomic E-state index is -0.148. The number of rotatable bonds is 5. The van der Waals surface area contributed by atoms with E-state index in [-0.39, 0.29) is 17.9 Å². The number of likely N-dealkylation sites (tertiary alicyclic amines) is 1. The van der Waals surface area contributed by atoms with Crippen LogP contribution < -0.4 is 10.1 Å². The van der Waals surface area contributed by atoms with Crippen molar-refractivity contribution in [2.24, 2.45) is 5.92 Å². The normalized spacial score (nSPS) is 14.8. The lowest BCUT2D eigenvalue weighted by Gasteiger charge is -2.30. The van der Waals surface area contributed by atoms with E-state index in [1.165, 1.54) is 0 Å². The number of hydrogen-bond donors (Lipinski definition) is 1. The number of benzene rings is 2. The molecule has 6 nitrogen and oxygen atoms in total. The van der Waals surface area contributed by atoms with Gasteiger partial charge in [-0.3, -0.25) is 4.79 Å². The van der Waals surface area contributed by atoms with E-state index in [1.54, 1.807) is 12.0 Å². The Morgan fingerprint density at radius 2 is 1.81 bits per heavy atom. The molecule has 1 saturated heterocycles. The molecule has 0 aliphatic carbocycles. The summed E-state index contributed by atoms with van der Waals surface area (Å²) < 4.78 is 10.3. The zero-order valence-corrected chi connectivity index (χ0v) is 15.9. The lowest BCUT2D eigenvalue weighted by molar-refractivity contribution is -0.149. The number of urea groups is 1. The number of carbonyl (C=O) groups excluding carboxylic acids is 2. The van der Waals surface area contributed by atoms with Gasteiger partial charge in [-0.25, -0.2) is 4.79 Å². The molecule has 3 rings (SSSR count). The molecule has 0 unspecified atom stereocenters. The Balaban J connectivity index is 1.52. The fourth-order valence-corrected chi connectivity index (χ4v) is 3.38. The van der Waals surface area contributed by atoms with Crippen LogP contribution in [0.2, 0.25) is 0 Å². The SMILES string of the molecule is CCOC(=O)C1CCN(C(=O)NCc2ccc3cc(OC)ccc3c2)CC1. The molecule has 0 saturated carbocycles. The highest BCUT2D eigenvalue weighted by Crippen LogP contribution is 2.22. The molecule has 0 bridgehead atoms. The van der Waals surface area contributed by atoms with Crippen LogP contribution in [0.25, 0.3) is 10.8 Å². The maximum absolute atomic E-state index is 12.4. The molecule has 0 aromatic heterocycles. The third-order valence-corrected chi connectivity index (χ3v) is 4.96. The van der Waals surface area contributed by atoms with Gasteiger partial charge in [-0.2, -0.15) is 0 Å². The molecular formula is C21H26N2O4. The topological polar surface area (TPSA) is 67.9 Å². The number of piperidine rings is 1. The van der Waals surface area contributed by atoms with Gasteiger partial charge in [0.25, 0.3) is 0 Å². The second-order valence-corrected chi connectivity index (χ2v) is 6.72. The lowest BCUT2D eigenvalue weighted by Crippen LogP contribution is -2.45. The van der Waals surface area contributed by atoms with Crippen molar-refractivity contribution >= 4 is 22.8 Å². The Labute approximate surface area is 159 Å². The van der Waals surface area contributed by atoms with Crippen molar-refractivity contribution in [3.05, 3.63) is 42.0 Å². The fourth-order valence-electron chi connectivity index (χ4n) is 3.38. The summed E-state index contributed by atoms with van der Waals surface area (Å²) in [5.74, 6) is 0.589. The minimum Gasteiger partial charge on any atom is -0.497 e. The van der Waals surface area contributed by atoms with Crippen molar-refractivity contribution in [1.82, 2.24) is 10.2 Å². The van der Waals surface area contributed by atoms with Crippen LogP contribution in [0.15, 0.2) is 36.4 Å². The molecule has 1 heterocycles. The van der Waals surface area contributed by atoms with Gasteiger partial charge in [0.1, 0.15) is 5.75 Å². The van der Waals surface area contributed by atoms with Crippen molar-refractivity contribution in [2.45, 2.75) is 26.3 Å². The number of fused-ring (bicyclic) bond motifs is 1. The van der Waals surface area contributed by atoms with Gasteiger partial charge >= 0.3 is 12.0 Å². The van der Waals surface area contributed by atoms with Gasteiger partial charge in [0.15, 0.2) is 0 Å². The monoisotopic (exact) mass is 370 g/mol. The van der Waals surface area contributed by atoms with Gasteiger partial charge in [0, 0.05) is 19.6 Å². The fraction of sp³-hybridized carbons (Fsp3) is 0.429. The van der Waals surface area contributed by atoms with Crippen LogP contribution in [0.1, 0.15) is 25.3 Å². The number of amides is 2. The standard InChI is InChI=1S/C21H26N2O4/c1-3-27-20(24)16-8-10-23(11-9-16)21(25)22-14-15-4-5-18-13-19(26-2)7-6-17(18)12-15/h4-7,12-13,16H,3,8-11,14H2,1-2H3,(H,22,25). The second kappa shape index (κ2) is 8.75. The summed E-state index contributed by atoms with van der Waals surface area (Å²) >= 11 is 0. The highest BCUT2D eigenvalue weighted by Gasteiger charge is 2.28. The Morgan fingerprint density at radius 3 is 2.52 bits per heavy atom. The smallest absolute Gasteiger partial charge is 0.317 e. The minimum absolute atomic E-state index is 0.0906. The first-order valence-electron chi connectivity index (χ1n) is 9.36. The molecule has 6 heteroatoms. The number of hydrogen-bond acceptors (Lipinski definition) is 4. The average Bonchev–Trinajstić information content (AvgIpc) is 2.71. The predicted octanol–water partition coefficient (Wildman–Crippen LogP) is 3.33. The Kier molecular flexibility index (Phi) is 6.16. The predicted molar refractivity (Wildman–Crippen MR) is 104 cm³/mol.